The number of nitrogens with two attached hydrogens (primary N) is 1. The summed E-state index contributed by atoms with van der Waals surface area (Å²) in [7, 11) is 0. The number of rotatable bonds is 9. The zero-order chi connectivity index (χ0) is 23.2. The van der Waals surface area contributed by atoms with E-state index in [-0.39, 0.29) is 23.0 Å². The van der Waals surface area contributed by atoms with Crippen LogP contribution in [0.5, 0.6) is 0 Å². The highest BCUT2D eigenvalue weighted by molar-refractivity contribution is 8.00. The average Bonchev–Trinajstić information content (AvgIpc) is 3.48. The minimum atomic E-state index is -0.288. The van der Waals surface area contributed by atoms with Crippen molar-refractivity contribution in [2.45, 2.75) is 49.6 Å². The predicted molar refractivity (Wildman–Crippen MR) is 131 cm³/mol. The highest BCUT2D eigenvalue weighted by Gasteiger charge is 2.29. The van der Waals surface area contributed by atoms with Crippen LogP contribution in [-0.4, -0.2) is 49.8 Å². The molecule has 0 aliphatic carbocycles. The molecule has 0 radical (unpaired) electrons. The fourth-order valence-electron chi connectivity index (χ4n) is 4.07. The molecule has 1 aliphatic heterocycles. The number of likely N-dealkylation sites (tertiary alicyclic amines) is 1. The van der Waals surface area contributed by atoms with Crippen molar-refractivity contribution >= 4 is 34.9 Å². The Hall–Kier alpha value is -2.65. The molecule has 7 nitrogen and oxygen atoms in total. The first-order chi connectivity index (χ1) is 16.0. The van der Waals surface area contributed by atoms with Gasteiger partial charge in [-0.2, -0.15) is 0 Å². The number of thioether (sulfide) groups is 1. The van der Waals surface area contributed by atoms with Crippen LogP contribution < -0.4 is 5.73 Å². The van der Waals surface area contributed by atoms with Crippen LogP contribution >= 0.6 is 23.1 Å². The molecule has 1 unspecified atom stereocenters. The third-order valence-corrected chi connectivity index (χ3v) is 7.96. The van der Waals surface area contributed by atoms with Crippen LogP contribution in [0.3, 0.4) is 0 Å². The molecule has 4 rings (SSSR count). The molecule has 0 spiro atoms. The van der Waals surface area contributed by atoms with Crippen molar-refractivity contribution in [1.82, 2.24) is 19.7 Å². The number of amides is 2. The topological polar surface area (TPSA) is 94.1 Å². The van der Waals surface area contributed by atoms with Gasteiger partial charge in [-0.05, 0) is 43.2 Å². The van der Waals surface area contributed by atoms with Crippen molar-refractivity contribution in [2.75, 3.05) is 13.1 Å². The second-order valence-corrected chi connectivity index (χ2v) is 10.6. The molecule has 1 atom stereocenters. The lowest BCUT2D eigenvalue weighted by molar-refractivity contribution is -0.134. The smallest absolute Gasteiger partial charge is 0.235 e. The van der Waals surface area contributed by atoms with Gasteiger partial charge in [-0.25, -0.2) is 0 Å². The third-order valence-electron chi connectivity index (χ3n) is 6.01. The van der Waals surface area contributed by atoms with E-state index in [9.17, 15) is 9.59 Å². The number of aromatic nitrogens is 3. The largest absolute Gasteiger partial charge is 0.369 e. The molecule has 2 aromatic heterocycles. The van der Waals surface area contributed by atoms with Crippen LogP contribution in [0.4, 0.5) is 0 Å². The molecule has 2 amide bonds. The number of carbonyl (C=O) groups excluding carboxylic acids is 2. The highest BCUT2D eigenvalue weighted by atomic mass is 32.2. The Morgan fingerprint density at radius 1 is 1.15 bits per heavy atom. The number of hydrogen-bond donors (Lipinski definition) is 1. The van der Waals surface area contributed by atoms with Gasteiger partial charge in [0.2, 0.25) is 11.8 Å². The normalized spacial score (nSPS) is 15.5. The second-order valence-electron chi connectivity index (χ2n) is 8.30. The molecule has 1 saturated heterocycles. The van der Waals surface area contributed by atoms with E-state index in [1.165, 1.54) is 22.2 Å². The van der Waals surface area contributed by atoms with Crippen LogP contribution in [0.15, 0.2) is 53.0 Å². The minimum absolute atomic E-state index is 0.0698. The Kier molecular flexibility index (Phi) is 7.82. The van der Waals surface area contributed by atoms with Crippen molar-refractivity contribution in [2.24, 2.45) is 11.7 Å². The summed E-state index contributed by atoms with van der Waals surface area (Å²) in [5.74, 6) is 0.588. The standard InChI is InChI=1S/C24H29N5O2S2/c1-17(23(31)28-12-10-19(11-13-28)22(25)30)33-24-27-26-21(16-20-8-5-15-32-20)29(24)14-9-18-6-3-2-4-7-18/h2-8,15,17,19H,9-14,16H2,1H3,(H2,25,30). The van der Waals surface area contributed by atoms with Gasteiger partial charge in [-0.15, -0.1) is 21.5 Å². The number of hydrogen-bond acceptors (Lipinski definition) is 6. The number of carbonyl (C=O) groups is 2. The second kappa shape index (κ2) is 11.0. The van der Waals surface area contributed by atoms with E-state index in [0.29, 0.717) is 25.9 Å². The summed E-state index contributed by atoms with van der Waals surface area (Å²) in [6.45, 7) is 3.82. The molecule has 0 saturated carbocycles. The van der Waals surface area contributed by atoms with E-state index in [1.807, 2.05) is 36.1 Å². The average molecular weight is 484 g/mol. The van der Waals surface area contributed by atoms with Gasteiger partial charge in [0.15, 0.2) is 5.16 Å². The molecule has 33 heavy (non-hydrogen) atoms. The molecule has 0 bridgehead atoms. The van der Waals surface area contributed by atoms with Gasteiger partial charge >= 0.3 is 0 Å². The number of primary amides is 1. The van der Waals surface area contributed by atoms with Crippen LogP contribution in [0.1, 0.15) is 36.0 Å². The van der Waals surface area contributed by atoms with E-state index in [4.69, 9.17) is 5.73 Å². The van der Waals surface area contributed by atoms with E-state index in [2.05, 4.69) is 38.3 Å². The summed E-state index contributed by atoms with van der Waals surface area (Å²) < 4.78 is 2.15. The van der Waals surface area contributed by atoms with E-state index < -0.39 is 0 Å². The van der Waals surface area contributed by atoms with Gasteiger partial charge in [-0.3, -0.25) is 9.59 Å². The lowest BCUT2D eigenvalue weighted by atomic mass is 9.96. The van der Waals surface area contributed by atoms with Crippen LogP contribution in [0, 0.1) is 5.92 Å². The molecule has 9 heteroatoms. The van der Waals surface area contributed by atoms with Crippen molar-refractivity contribution in [1.29, 1.82) is 0 Å². The fourth-order valence-corrected chi connectivity index (χ4v) is 5.75. The van der Waals surface area contributed by atoms with Crippen LogP contribution in [0.2, 0.25) is 0 Å². The number of aryl methyl sites for hydroxylation is 1. The molecule has 3 aromatic rings. The lowest BCUT2D eigenvalue weighted by Crippen LogP contribution is -2.44. The Morgan fingerprint density at radius 2 is 1.91 bits per heavy atom. The molecule has 1 aliphatic rings. The van der Waals surface area contributed by atoms with E-state index >= 15 is 0 Å². The Balaban J connectivity index is 1.46. The van der Waals surface area contributed by atoms with Crippen molar-refractivity contribution in [3.05, 3.63) is 64.1 Å². The maximum atomic E-state index is 13.1. The first-order valence-electron chi connectivity index (χ1n) is 11.2. The van der Waals surface area contributed by atoms with Gasteiger partial charge in [0, 0.05) is 36.9 Å². The van der Waals surface area contributed by atoms with E-state index in [0.717, 1.165) is 30.4 Å². The third kappa shape index (κ3) is 6.03. The number of nitrogens with zero attached hydrogens (tertiary/aromatic N) is 4. The van der Waals surface area contributed by atoms with Gasteiger partial charge in [0.05, 0.1) is 5.25 Å². The Morgan fingerprint density at radius 3 is 2.58 bits per heavy atom. The van der Waals surface area contributed by atoms with Crippen LogP contribution in [0.25, 0.3) is 0 Å². The highest BCUT2D eigenvalue weighted by Crippen LogP contribution is 2.27. The van der Waals surface area contributed by atoms with Crippen LogP contribution in [-0.2, 0) is 29.0 Å². The summed E-state index contributed by atoms with van der Waals surface area (Å²) in [6.07, 6.45) is 2.86. The first kappa shape index (κ1) is 23.5. The predicted octanol–water partition coefficient (Wildman–Crippen LogP) is 3.38. The molecule has 1 fully saturated rings. The molecule has 174 valence electrons. The van der Waals surface area contributed by atoms with Crippen molar-refractivity contribution in [3.63, 3.8) is 0 Å². The summed E-state index contributed by atoms with van der Waals surface area (Å²) >= 11 is 3.17. The quantitative estimate of drug-likeness (QED) is 0.471. The Labute approximate surface area is 202 Å². The number of thiophene rings is 1. The molecule has 2 N–H and O–H groups in total. The minimum Gasteiger partial charge on any atom is -0.369 e. The van der Waals surface area contributed by atoms with Gasteiger partial charge in [0.25, 0.3) is 0 Å². The molecule has 3 heterocycles. The summed E-state index contributed by atoms with van der Waals surface area (Å²) in [4.78, 5) is 27.6. The molecular weight excluding hydrogens is 454 g/mol. The maximum absolute atomic E-state index is 13.1. The SMILES string of the molecule is CC(Sc1nnc(Cc2cccs2)n1CCc1ccccc1)C(=O)N1CCC(C(N)=O)CC1. The van der Waals surface area contributed by atoms with E-state index in [1.54, 1.807) is 11.3 Å². The zero-order valence-electron chi connectivity index (χ0n) is 18.7. The Bertz CT molecular complexity index is 1060. The van der Waals surface area contributed by atoms with Crippen molar-refractivity contribution in [3.8, 4) is 0 Å². The van der Waals surface area contributed by atoms with Gasteiger partial charge in [-0.1, -0.05) is 48.2 Å². The number of benzene rings is 1. The van der Waals surface area contributed by atoms with Crippen molar-refractivity contribution < 1.29 is 9.59 Å². The van der Waals surface area contributed by atoms with Gasteiger partial charge < -0.3 is 15.2 Å². The monoisotopic (exact) mass is 483 g/mol. The van der Waals surface area contributed by atoms with Gasteiger partial charge in [0.1, 0.15) is 5.82 Å². The number of piperidine rings is 1. The fraction of sp³-hybridized carbons (Fsp3) is 0.417. The molecular formula is C24H29N5O2S2. The molecule has 1 aromatic carbocycles. The summed E-state index contributed by atoms with van der Waals surface area (Å²) in [5, 5.41) is 11.5. The zero-order valence-corrected chi connectivity index (χ0v) is 20.4. The summed E-state index contributed by atoms with van der Waals surface area (Å²) in [5.41, 5.74) is 6.68. The first-order valence-corrected chi connectivity index (χ1v) is 13.0. The lowest BCUT2D eigenvalue weighted by Gasteiger charge is -2.32. The maximum Gasteiger partial charge on any atom is 0.235 e. The summed E-state index contributed by atoms with van der Waals surface area (Å²) in [6, 6.07) is 14.5.